The summed E-state index contributed by atoms with van der Waals surface area (Å²) >= 11 is 5.42. The van der Waals surface area contributed by atoms with E-state index in [4.69, 9.17) is 4.74 Å². The zero-order valence-electron chi connectivity index (χ0n) is 14.1. The van der Waals surface area contributed by atoms with Gasteiger partial charge in [0.2, 0.25) is 11.0 Å². The first-order valence-electron chi connectivity index (χ1n) is 7.97. The Morgan fingerprint density at radius 3 is 2.56 bits per heavy atom. The molecule has 3 rings (SSSR count). The Morgan fingerprint density at radius 2 is 1.96 bits per heavy atom. The molecule has 2 aliphatic rings. The summed E-state index contributed by atoms with van der Waals surface area (Å²) in [6.07, 6.45) is -0.731. The quantitative estimate of drug-likeness (QED) is 0.597. The Balaban J connectivity index is 1.64. The van der Waals surface area contributed by atoms with Gasteiger partial charge in [-0.2, -0.15) is 0 Å². The SMILES string of the molecule is CC(Oc1ccccc1)C(=O)NC1C(=O)N2C1SC(C)(C)C2C(=O)S. The number of carbonyl (C=O) groups excluding carboxylic acids is 3. The number of benzene rings is 1. The number of rotatable bonds is 5. The highest BCUT2D eigenvalue weighted by atomic mass is 32.2. The van der Waals surface area contributed by atoms with Gasteiger partial charge in [0, 0.05) is 4.75 Å². The van der Waals surface area contributed by atoms with Gasteiger partial charge >= 0.3 is 0 Å². The van der Waals surface area contributed by atoms with Crippen molar-refractivity contribution in [2.75, 3.05) is 0 Å². The molecule has 0 aliphatic carbocycles. The molecule has 4 atom stereocenters. The van der Waals surface area contributed by atoms with Gasteiger partial charge in [0.25, 0.3) is 5.91 Å². The summed E-state index contributed by atoms with van der Waals surface area (Å²) in [6, 6.07) is 7.80. The van der Waals surface area contributed by atoms with Crippen LogP contribution in [-0.4, -0.2) is 50.1 Å². The molecule has 2 saturated heterocycles. The van der Waals surface area contributed by atoms with E-state index in [1.54, 1.807) is 19.1 Å². The van der Waals surface area contributed by atoms with Gasteiger partial charge in [-0.3, -0.25) is 14.4 Å². The van der Waals surface area contributed by atoms with E-state index in [-0.39, 0.29) is 22.3 Å². The van der Waals surface area contributed by atoms with Crippen molar-refractivity contribution in [1.29, 1.82) is 0 Å². The van der Waals surface area contributed by atoms with Crippen molar-refractivity contribution in [2.45, 2.75) is 49.1 Å². The first kappa shape index (κ1) is 18.1. The molecule has 0 radical (unpaired) electrons. The van der Waals surface area contributed by atoms with Crippen LogP contribution >= 0.6 is 24.4 Å². The van der Waals surface area contributed by atoms with E-state index in [1.165, 1.54) is 16.7 Å². The van der Waals surface area contributed by atoms with Gasteiger partial charge in [0.1, 0.15) is 23.2 Å². The van der Waals surface area contributed by atoms with Crippen LogP contribution in [-0.2, 0) is 14.4 Å². The number of carbonyl (C=O) groups is 3. The van der Waals surface area contributed by atoms with Gasteiger partial charge in [-0.1, -0.05) is 18.2 Å². The Bertz CT molecular complexity index is 710. The predicted octanol–water partition coefficient (Wildman–Crippen LogP) is 1.46. The average Bonchev–Trinajstić information content (AvgIpc) is 2.81. The summed E-state index contributed by atoms with van der Waals surface area (Å²) in [7, 11) is 0. The molecule has 0 aromatic heterocycles. The van der Waals surface area contributed by atoms with E-state index in [0.717, 1.165) is 0 Å². The molecule has 0 spiro atoms. The monoisotopic (exact) mass is 380 g/mol. The fourth-order valence-electron chi connectivity index (χ4n) is 3.17. The number of thioether (sulfide) groups is 1. The minimum absolute atomic E-state index is 0.253. The second kappa shape index (κ2) is 6.57. The summed E-state index contributed by atoms with van der Waals surface area (Å²) in [6.45, 7) is 5.44. The van der Waals surface area contributed by atoms with Crippen LogP contribution in [0, 0.1) is 0 Å². The van der Waals surface area contributed by atoms with Gasteiger partial charge in [0.05, 0.1) is 0 Å². The second-order valence-electron chi connectivity index (χ2n) is 6.66. The van der Waals surface area contributed by atoms with Gasteiger partial charge in [-0.15, -0.1) is 24.4 Å². The highest BCUT2D eigenvalue weighted by Gasteiger charge is 2.63. The maximum absolute atomic E-state index is 12.4. The fourth-order valence-corrected chi connectivity index (χ4v) is 5.34. The second-order valence-corrected chi connectivity index (χ2v) is 8.87. The number of thiol groups is 1. The number of hydrogen-bond acceptors (Lipinski definition) is 5. The van der Waals surface area contributed by atoms with E-state index < -0.39 is 22.9 Å². The topological polar surface area (TPSA) is 75.7 Å². The third-order valence-corrected chi connectivity index (χ3v) is 6.21. The van der Waals surface area contributed by atoms with Crippen LogP contribution in [0.2, 0.25) is 0 Å². The fraction of sp³-hybridized carbons (Fsp3) is 0.471. The molecule has 8 heteroatoms. The first-order valence-corrected chi connectivity index (χ1v) is 9.30. The molecule has 6 nitrogen and oxygen atoms in total. The minimum Gasteiger partial charge on any atom is -0.481 e. The Kier molecular flexibility index (Phi) is 4.76. The van der Waals surface area contributed by atoms with Crippen LogP contribution in [0.1, 0.15) is 20.8 Å². The number of β-lactam (4-membered cyclic amide) rings is 1. The molecule has 4 unspecified atom stereocenters. The number of fused-ring (bicyclic) bond motifs is 1. The highest BCUT2D eigenvalue weighted by Crippen LogP contribution is 2.51. The van der Waals surface area contributed by atoms with E-state index in [1.807, 2.05) is 32.0 Å². The minimum atomic E-state index is -0.731. The molecule has 2 aliphatic heterocycles. The van der Waals surface area contributed by atoms with Crippen LogP contribution in [0.3, 0.4) is 0 Å². The van der Waals surface area contributed by atoms with Crippen LogP contribution in [0.5, 0.6) is 5.75 Å². The van der Waals surface area contributed by atoms with E-state index in [0.29, 0.717) is 5.75 Å². The largest absolute Gasteiger partial charge is 0.481 e. The number of amides is 2. The molecule has 2 heterocycles. The zero-order valence-corrected chi connectivity index (χ0v) is 15.8. The first-order chi connectivity index (χ1) is 11.7. The van der Waals surface area contributed by atoms with Crippen LogP contribution in [0.4, 0.5) is 0 Å². The molecule has 134 valence electrons. The van der Waals surface area contributed by atoms with E-state index in [9.17, 15) is 14.4 Å². The number of ether oxygens (including phenoxy) is 1. The summed E-state index contributed by atoms with van der Waals surface area (Å²) in [5, 5.41) is 2.16. The lowest BCUT2D eigenvalue weighted by Crippen LogP contribution is -2.71. The van der Waals surface area contributed by atoms with Gasteiger partial charge in [-0.05, 0) is 32.9 Å². The molecule has 1 aromatic rings. The number of para-hydroxylation sites is 1. The number of nitrogens with one attached hydrogen (secondary N) is 1. The Morgan fingerprint density at radius 1 is 1.32 bits per heavy atom. The smallest absolute Gasteiger partial charge is 0.261 e. The lowest BCUT2D eigenvalue weighted by molar-refractivity contribution is -0.153. The van der Waals surface area contributed by atoms with Crippen molar-refractivity contribution in [2.24, 2.45) is 0 Å². The van der Waals surface area contributed by atoms with E-state index >= 15 is 0 Å². The lowest BCUT2D eigenvalue weighted by atomic mass is 9.97. The van der Waals surface area contributed by atoms with Gasteiger partial charge < -0.3 is 15.0 Å². The highest BCUT2D eigenvalue weighted by molar-refractivity contribution is 8.02. The molecule has 1 aromatic carbocycles. The molecule has 25 heavy (non-hydrogen) atoms. The van der Waals surface area contributed by atoms with Crippen LogP contribution in [0.15, 0.2) is 30.3 Å². The molecular weight excluding hydrogens is 360 g/mol. The van der Waals surface area contributed by atoms with Crippen LogP contribution < -0.4 is 10.1 Å². The Hall–Kier alpha value is -1.67. The standard InChI is InChI=1S/C17H20N2O4S2/c1-9(23-10-7-5-4-6-8-10)13(20)18-11-14(21)19-12(16(22)24)17(2,3)25-15(11)19/h4-9,11-12,15H,1-3H3,(H,18,20)(H,22,24). The Labute approximate surface area is 156 Å². The maximum atomic E-state index is 12.4. The third-order valence-electron chi connectivity index (χ3n) is 4.40. The lowest BCUT2D eigenvalue weighted by Gasteiger charge is -2.44. The van der Waals surface area contributed by atoms with Gasteiger partial charge in [-0.25, -0.2) is 0 Å². The normalized spacial score (nSPS) is 27.9. The van der Waals surface area contributed by atoms with E-state index in [2.05, 4.69) is 17.9 Å². The van der Waals surface area contributed by atoms with Gasteiger partial charge in [0.15, 0.2) is 6.10 Å². The van der Waals surface area contributed by atoms with Crippen molar-refractivity contribution in [3.8, 4) is 5.75 Å². The molecule has 1 N–H and O–H groups in total. The van der Waals surface area contributed by atoms with Crippen molar-refractivity contribution >= 4 is 41.3 Å². The maximum Gasteiger partial charge on any atom is 0.261 e. The summed E-state index contributed by atoms with van der Waals surface area (Å²) < 4.78 is 5.14. The van der Waals surface area contributed by atoms with Crippen LogP contribution in [0.25, 0.3) is 0 Å². The third kappa shape index (κ3) is 3.25. The zero-order chi connectivity index (χ0) is 18.4. The van der Waals surface area contributed by atoms with Crippen molar-refractivity contribution in [1.82, 2.24) is 10.2 Å². The molecular formula is C17H20N2O4S2. The average molecular weight is 380 g/mol. The number of hydrogen-bond donors (Lipinski definition) is 2. The summed E-state index contributed by atoms with van der Waals surface area (Å²) in [5.41, 5.74) is 0. The van der Waals surface area contributed by atoms with Crippen molar-refractivity contribution < 1.29 is 19.1 Å². The molecule has 2 amide bonds. The molecule has 0 bridgehead atoms. The predicted molar refractivity (Wildman–Crippen MR) is 98.5 cm³/mol. The summed E-state index contributed by atoms with van der Waals surface area (Å²) in [4.78, 5) is 38.1. The molecule has 2 fully saturated rings. The molecule has 0 saturated carbocycles. The summed E-state index contributed by atoms with van der Waals surface area (Å²) in [5.74, 6) is -0.0273. The van der Waals surface area contributed by atoms with Crippen molar-refractivity contribution in [3.05, 3.63) is 30.3 Å². The van der Waals surface area contributed by atoms with Crippen molar-refractivity contribution in [3.63, 3.8) is 0 Å². The number of nitrogens with zero attached hydrogens (tertiary/aromatic N) is 1.